The number of hydrogen-bond donors (Lipinski definition) is 1. The second-order valence-electron chi connectivity index (χ2n) is 6.55. The molecule has 2 saturated carbocycles. The van der Waals surface area contributed by atoms with Crippen molar-refractivity contribution in [1.82, 2.24) is 19.9 Å². The van der Waals surface area contributed by atoms with Crippen molar-refractivity contribution in [3.63, 3.8) is 0 Å². The number of rotatable bonds is 3. The number of carbonyl (C=O) groups is 1. The molecule has 21 heavy (non-hydrogen) atoms. The number of amides is 1. The van der Waals surface area contributed by atoms with Gasteiger partial charge in [-0.25, -0.2) is 9.50 Å². The van der Waals surface area contributed by atoms with Gasteiger partial charge in [0.2, 0.25) is 0 Å². The molecule has 110 valence electrons. The summed E-state index contributed by atoms with van der Waals surface area (Å²) >= 11 is 0. The van der Waals surface area contributed by atoms with Crippen LogP contribution in [0.5, 0.6) is 0 Å². The Kier molecular flexibility index (Phi) is 2.94. The van der Waals surface area contributed by atoms with Crippen LogP contribution in [-0.4, -0.2) is 26.5 Å². The Bertz CT molecular complexity index is 680. The molecule has 2 heterocycles. The normalized spacial score (nSPS) is 28.9. The van der Waals surface area contributed by atoms with E-state index in [-0.39, 0.29) is 11.9 Å². The summed E-state index contributed by atoms with van der Waals surface area (Å²) in [6.07, 6.45) is 10.5. The molecule has 4 rings (SSSR count). The van der Waals surface area contributed by atoms with Crippen molar-refractivity contribution in [3.8, 4) is 0 Å². The van der Waals surface area contributed by atoms with Gasteiger partial charge in [-0.1, -0.05) is 6.42 Å². The topological polar surface area (TPSA) is 59.3 Å². The molecule has 2 bridgehead atoms. The number of nitrogens with one attached hydrogen (secondary N) is 1. The van der Waals surface area contributed by atoms with Gasteiger partial charge in [-0.15, -0.1) is 0 Å². The van der Waals surface area contributed by atoms with Crippen LogP contribution in [0.4, 0.5) is 0 Å². The Morgan fingerprint density at radius 3 is 3.10 bits per heavy atom. The zero-order chi connectivity index (χ0) is 14.4. The summed E-state index contributed by atoms with van der Waals surface area (Å²) < 4.78 is 1.64. The van der Waals surface area contributed by atoms with Crippen LogP contribution in [-0.2, 0) is 0 Å². The van der Waals surface area contributed by atoms with E-state index in [4.69, 9.17) is 0 Å². The van der Waals surface area contributed by atoms with Crippen molar-refractivity contribution in [2.24, 2.45) is 17.8 Å². The highest BCUT2D eigenvalue weighted by atomic mass is 16.1. The van der Waals surface area contributed by atoms with Gasteiger partial charge in [0.1, 0.15) is 5.56 Å². The van der Waals surface area contributed by atoms with Crippen molar-refractivity contribution >= 4 is 11.6 Å². The number of fused-ring (bicyclic) bond motifs is 3. The third kappa shape index (κ3) is 2.11. The molecule has 2 aliphatic carbocycles. The van der Waals surface area contributed by atoms with Gasteiger partial charge < -0.3 is 5.32 Å². The Hall–Kier alpha value is -1.91. The lowest BCUT2D eigenvalue weighted by Crippen LogP contribution is -2.40. The molecule has 0 aromatic carbocycles. The Labute approximate surface area is 123 Å². The van der Waals surface area contributed by atoms with Crippen LogP contribution in [0.2, 0.25) is 0 Å². The largest absolute Gasteiger partial charge is 0.349 e. The van der Waals surface area contributed by atoms with Crippen LogP contribution in [0.1, 0.15) is 43.0 Å². The lowest BCUT2D eigenvalue weighted by atomic mass is 9.84. The number of nitrogens with zero attached hydrogens (tertiary/aromatic N) is 3. The molecule has 5 nitrogen and oxygen atoms in total. The van der Waals surface area contributed by atoms with Gasteiger partial charge in [-0.3, -0.25) is 4.79 Å². The molecular weight excluding hydrogens is 264 g/mol. The fraction of sp³-hybridized carbons (Fsp3) is 0.562. The predicted octanol–water partition coefficient (Wildman–Crippen LogP) is 2.28. The minimum atomic E-state index is -0.0565. The minimum absolute atomic E-state index is 0.0565. The molecule has 2 fully saturated rings. The fourth-order valence-electron chi connectivity index (χ4n) is 4.29. The van der Waals surface area contributed by atoms with Gasteiger partial charge in [0.25, 0.3) is 5.91 Å². The first kappa shape index (κ1) is 12.8. The smallest absolute Gasteiger partial charge is 0.256 e. The van der Waals surface area contributed by atoms with Crippen LogP contribution >= 0.6 is 0 Å². The van der Waals surface area contributed by atoms with Crippen molar-refractivity contribution in [2.75, 3.05) is 0 Å². The minimum Gasteiger partial charge on any atom is -0.349 e. The highest BCUT2D eigenvalue weighted by Crippen LogP contribution is 2.49. The Morgan fingerprint density at radius 2 is 2.33 bits per heavy atom. The summed E-state index contributed by atoms with van der Waals surface area (Å²) in [6, 6.07) is 2.03. The summed E-state index contributed by atoms with van der Waals surface area (Å²) in [5, 5.41) is 7.35. The van der Waals surface area contributed by atoms with E-state index < -0.39 is 0 Å². The fourth-order valence-corrected chi connectivity index (χ4v) is 4.29. The van der Waals surface area contributed by atoms with Gasteiger partial charge >= 0.3 is 0 Å². The molecule has 1 amide bonds. The van der Waals surface area contributed by atoms with E-state index in [0.29, 0.717) is 17.1 Å². The number of carbonyl (C=O) groups excluding carboxylic acids is 1. The first-order valence-corrected chi connectivity index (χ1v) is 7.81. The molecule has 0 saturated heterocycles. The second-order valence-corrected chi connectivity index (χ2v) is 6.55. The molecule has 2 aromatic heterocycles. The SMILES string of the molecule is CC(NC(=O)c1cnn2cccnc12)C1CC2CCC1C2. The molecule has 0 aliphatic heterocycles. The lowest BCUT2D eigenvalue weighted by Gasteiger charge is -2.28. The first-order valence-electron chi connectivity index (χ1n) is 7.81. The van der Waals surface area contributed by atoms with E-state index in [1.807, 2.05) is 0 Å². The molecule has 2 aromatic rings. The first-order chi connectivity index (χ1) is 10.2. The van der Waals surface area contributed by atoms with Crippen LogP contribution in [0.25, 0.3) is 5.65 Å². The maximum absolute atomic E-state index is 12.5. The molecular formula is C16H20N4O. The lowest BCUT2D eigenvalue weighted by molar-refractivity contribution is 0.0917. The van der Waals surface area contributed by atoms with Gasteiger partial charge in [-0.2, -0.15) is 5.10 Å². The Morgan fingerprint density at radius 1 is 1.43 bits per heavy atom. The molecule has 4 unspecified atom stereocenters. The quantitative estimate of drug-likeness (QED) is 0.940. The van der Waals surface area contributed by atoms with E-state index in [1.165, 1.54) is 25.7 Å². The monoisotopic (exact) mass is 284 g/mol. The van der Waals surface area contributed by atoms with Gasteiger partial charge in [-0.05, 0) is 50.0 Å². The maximum Gasteiger partial charge on any atom is 0.256 e. The predicted molar refractivity (Wildman–Crippen MR) is 78.9 cm³/mol. The van der Waals surface area contributed by atoms with E-state index in [9.17, 15) is 4.79 Å². The standard InChI is InChI=1S/C16H20N4O/c1-10(13-8-11-3-4-12(13)7-11)19-16(21)14-9-18-20-6-2-5-17-15(14)20/h2,5-6,9-13H,3-4,7-8H2,1H3,(H,19,21). The van der Waals surface area contributed by atoms with Crippen molar-refractivity contribution in [1.29, 1.82) is 0 Å². The summed E-state index contributed by atoms with van der Waals surface area (Å²) in [5.74, 6) is 2.30. The number of hydrogen-bond acceptors (Lipinski definition) is 3. The zero-order valence-corrected chi connectivity index (χ0v) is 12.2. The average molecular weight is 284 g/mol. The maximum atomic E-state index is 12.5. The molecule has 0 radical (unpaired) electrons. The summed E-state index contributed by atoms with van der Waals surface area (Å²) in [4.78, 5) is 16.7. The van der Waals surface area contributed by atoms with E-state index >= 15 is 0 Å². The molecule has 1 N–H and O–H groups in total. The van der Waals surface area contributed by atoms with Crippen molar-refractivity contribution < 1.29 is 4.79 Å². The van der Waals surface area contributed by atoms with E-state index in [0.717, 1.165) is 11.8 Å². The van der Waals surface area contributed by atoms with Crippen LogP contribution < -0.4 is 5.32 Å². The van der Waals surface area contributed by atoms with E-state index in [2.05, 4.69) is 22.3 Å². The van der Waals surface area contributed by atoms with Crippen LogP contribution in [0.15, 0.2) is 24.7 Å². The average Bonchev–Trinajstić information content (AvgIpc) is 3.21. The summed E-state index contributed by atoms with van der Waals surface area (Å²) in [7, 11) is 0. The van der Waals surface area contributed by atoms with Gasteiger partial charge in [0.15, 0.2) is 5.65 Å². The van der Waals surface area contributed by atoms with Crippen molar-refractivity contribution in [3.05, 3.63) is 30.2 Å². The third-order valence-electron chi connectivity index (χ3n) is 5.32. The summed E-state index contributed by atoms with van der Waals surface area (Å²) in [6.45, 7) is 2.14. The van der Waals surface area contributed by atoms with Crippen LogP contribution in [0, 0.1) is 17.8 Å². The molecule has 2 aliphatic rings. The summed E-state index contributed by atoms with van der Waals surface area (Å²) in [5.41, 5.74) is 1.18. The van der Waals surface area contributed by atoms with E-state index in [1.54, 1.807) is 29.2 Å². The number of aromatic nitrogens is 3. The van der Waals surface area contributed by atoms with Gasteiger partial charge in [0.05, 0.1) is 6.20 Å². The zero-order valence-electron chi connectivity index (χ0n) is 12.2. The third-order valence-corrected chi connectivity index (χ3v) is 5.32. The molecule has 4 atom stereocenters. The molecule has 0 spiro atoms. The Balaban J connectivity index is 1.50. The second kappa shape index (κ2) is 4.83. The molecule has 5 heteroatoms. The van der Waals surface area contributed by atoms with Gasteiger partial charge in [0, 0.05) is 18.4 Å². The van der Waals surface area contributed by atoms with Crippen molar-refractivity contribution in [2.45, 2.75) is 38.6 Å². The highest BCUT2D eigenvalue weighted by Gasteiger charge is 2.42. The highest BCUT2D eigenvalue weighted by molar-refractivity contribution is 5.99. The van der Waals surface area contributed by atoms with Crippen LogP contribution in [0.3, 0.4) is 0 Å².